The number of unbranched alkanes of at least 4 members (excludes halogenated alkanes) is 5. The van der Waals surface area contributed by atoms with E-state index in [1.165, 1.54) is 78.7 Å². The van der Waals surface area contributed by atoms with Gasteiger partial charge in [0.1, 0.15) is 12.4 Å². The second kappa shape index (κ2) is 12.3. The zero-order valence-corrected chi connectivity index (χ0v) is 20.7. The zero-order chi connectivity index (χ0) is 23.6. The smallest absolute Gasteiger partial charge is 0.119 e. The van der Waals surface area contributed by atoms with E-state index in [2.05, 4.69) is 91.2 Å². The molecule has 0 saturated carbocycles. The fourth-order valence-electron chi connectivity index (χ4n) is 4.49. The topological polar surface area (TPSA) is 14.2 Å². The van der Waals surface area contributed by atoms with Crippen LogP contribution in [0.2, 0.25) is 0 Å². The van der Waals surface area contributed by atoms with E-state index in [1.54, 1.807) is 0 Å². The fraction of sp³-hybridized carbons (Fsp3) is 0.312. The SMILES string of the molecule is CCCCCCCCc1ccc(-n2c(C)ccc2-c2ccc(OCc3ccccc3)cc2)cc1. The summed E-state index contributed by atoms with van der Waals surface area (Å²) < 4.78 is 8.31. The minimum Gasteiger partial charge on any atom is -0.489 e. The average molecular weight is 452 g/mol. The van der Waals surface area contributed by atoms with Crippen molar-refractivity contribution in [3.05, 3.63) is 108 Å². The first-order valence-corrected chi connectivity index (χ1v) is 12.8. The van der Waals surface area contributed by atoms with Crippen molar-refractivity contribution in [2.24, 2.45) is 0 Å². The predicted octanol–water partition coefficient (Wildman–Crippen LogP) is 8.93. The molecule has 3 aromatic carbocycles. The quantitative estimate of drug-likeness (QED) is 0.196. The summed E-state index contributed by atoms with van der Waals surface area (Å²) in [5.41, 5.74) is 7.46. The molecule has 1 aromatic heterocycles. The largest absolute Gasteiger partial charge is 0.489 e. The van der Waals surface area contributed by atoms with Gasteiger partial charge < -0.3 is 9.30 Å². The Bertz CT molecular complexity index is 1120. The molecule has 4 aromatic rings. The molecule has 0 atom stereocenters. The number of aryl methyl sites for hydroxylation is 2. The molecule has 0 aliphatic heterocycles. The number of aromatic nitrogens is 1. The second-order valence-corrected chi connectivity index (χ2v) is 9.18. The third-order valence-electron chi connectivity index (χ3n) is 6.49. The van der Waals surface area contributed by atoms with Crippen LogP contribution in [0.3, 0.4) is 0 Å². The summed E-state index contributed by atoms with van der Waals surface area (Å²) >= 11 is 0. The number of hydrogen-bond acceptors (Lipinski definition) is 1. The highest BCUT2D eigenvalue weighted by Gasteiger charge is 2.10. The third-order valence-corrected chi connectivity index (χ3v) is 6.49. The van der Waals surface area contributed by atoms with E-state index < -0.39 is 0 Å². The number of ether oxygens (including phenoxy) is 1. The molecule has 2 heteroatoms. The minimum atomic E-state index is 0.584. The summed E-state index contributed by atoms with van der Waals surface area (Å²) in [5.74, 6) is 0.890. The Balaban J connectivity index is 1.40. The first kappa shape index (κ1) is 23.9. The summed E-state index contributed by atoms with van der Waals surface area (Å²) in [5, 5.41) is 0. The van der Waals surface area contributed by atoms with Gasteiger partial charge in [-0.15, -0.1) is 0 Å². The maximum atomic E-state index is 5.97. The molecule has 0 spiro atoms. The van der Waals surface area contributed by atoms with Gasteiger partial charge >= 0.3 is 0 Å². The molecule has 0 unspecified atom stereocenters. The molecule has 0 saturated heterocycles. The number of hydrogen-bond donors (Lipinski definition) is 0. The maximum absolute atomic E-state index is 5.97. The molecular formula is C32H37NO. The van der Waals surface area contributed by atoms with Gasteiger partial charge in [-0.1, -0.05) is 81.5 Å². The summed E-state index contributed by atoms with van der Waals surface area (Å²) in [6, 6.07) is 32.2. The summed E-state index contributed by atoms with van der Waals surface area (Å²) in [6.45, 7) is 5.03. The van der Waals surface area contributed by atoms with Crippen LogP contribution in [-0.4, -0.2) is 4.57 Å². The Hall–Kier alpha value is -3.26. The monoisotopic (exact) mass is 451 g/mol. The van der Waals surface area contributed by atoms with Crippen LogP contribution in [0.5, 0.6) is 5.75 Å². The highest BCUT2D eigenvalue weighted by Crippen LogP contribution is 2.28. The van der Waals surface area contributed by atoms with Crippen LogP contribution in [-0.2, 0) is 13.0 Å². The van der Waals surface area contributed by atoms with Crippen LogP contribution in [0.15, 0.2) is 91.0 Å². The van der Waals surface area contributed by atoms with E-state index in [-0.39, 0.29) is 0 Å². The summed E-state index contributed by atoms with van der Waals surface area (Å²) in [4.78, 5) is 0. The Morgan fingerprint density at radius 2 is 1.35 bits per heavy atom. The van der Waals surface area contributed by atoms with Gasteiger partial charge in [-0.3, -0.25) is 0 Å². The molecule has 4 rings (SSSR count). The van der Waals surface area contributed by atoms with Crippen LogP contribution in [0, 0.1) is 6.92 Å². The number of benzene rings is 3. The highest BCUT2D eigenvalue weighted by molar-refractivity contribution is 5.65. The Kier molecular flexibility index (Phi) is 8.62. The lowest BCUT2D eigenvalue weighted by molar-refractivity contribution is 0.306. The normalized spacial score (nSPS) is 11.0. The highest BCUT2D eigenvalue weighted by atomic mass is 16.5. The van der Waals surface area contributed by atoms with Crippen LogP contribution in [0.4, 0.5) is 0 Å². The lowest BCUT2D eigenvalue weighted by Gasteiger charge is -2.14. The van der Waals surface area contributed by atoms with Crippen molar-refractivity contribution in [2.45, 2.75) is 65.4 Å². The molecule has 176 valence electrons. The second-order valence-electron chi connectivity index (χ2n) is 9.18. The van der Waals surface area contributed by atoms with Gasteiger partial charge in [0.25, 0.3) is 0 Å². The van der Waals surface area contributed by atoms with E-state index >= 15 is 0 Å². The molecule has 0 amide bonds. The Morgan fingerprint density at radius 1 is 0.647 bits per heavy atom. The minimum absolute atomic E-state index is 0.584. The van der Waals surface area contributed by atoms with E-state index in [0.717, 1.165) is 5.75 Å². The maximum Gasteiger partial charge on any atom is 0.119 e. The van der Waals surface area contributed by atoms with Crippen molar-refractivity contribution >= 4 is 0 Å². The van der Waals surface area contributed by atoms with Crippen LogP contribution >= 0.6 is 0 Å². The van der Waals surface area contributed by atoms with Crippen LogP contribution in [0.1, 0.15) is 62.3 Å². The van der Waals surface area contributed by atoms with Crippen molar-refractivity contribution in [1.29, 1.82) is 0 Å². The lowest BCUT2D eigenvalue weighted by atomic mass is 10.0. The van der Waals surface area contributed by atoms with Crippen molar-refractivity contribution in [3.8, 4) is 22.7 Å². The summed E-state index contributed by atoms with van der Waals surface area (Å²) in [7, 11) is 0. The van der Waals surface area contributed by atoms with Gasteiger partial charge in [-0.25, -0.2) is 0 Å². The lowest BCUT2D eigenvalue weighted by Crippen LogP contribution is -2.00. The zero-order valence-electron chi connectivity index (χ0n) is 20.7. The first-order chi connectivity index (χ1) is 16.7. The van der Waals surface area contributed by atoms with Crippen LogP contribution < -0.4 is 4.74 Å². The van der Waals surface area contributed by atoms with Crippen molar-refractivity contribution in [2.75, 3.05) is 0 Å². The van der Waals surface area contributed by atoms with Gasteiger partial charge in [0.05, 0.1) is 5.69 Å². The molecule has 0 bridgehead atoms. The van der Waals surface area contributed by atoms with E-state index in [0.29, 0.717) is 6.61 Å². The molecule has 34 heavy (non-hydrogen) atoms. The first-order valence-electron chi connectivity index (χ1n) is 12.8. The van der Waals surface area contributed by atoms with E-state index in [9.17, 15) is 0 Å². The van der Waals surface area contributed by atoms with Gasteiger partial charge in [0, 0.05) is 11.4 Å². The van der Waals surface area contributed by atoms with Gasteiger partial charge in [0.15, 0.2) is 0 Å². The van der Waals surface area contributed by atoms with E-state index in [1.807, 2.05) is 18.2 Å². The molecule has 1 heterocycles. The third kappa shape index (κ3) is 6.41. The van der Waals surface area contributed by atoms with E-state index in [4.69, 9.17) is 4.74 Å². The van der Waals surface area contributed by atoms with Gasteiger partial charge in [-0.05, 0) is 85.0 Å². The standard InChI is InChI=1S/C32H37NO/c1-3-4-5-6-7-9-12-27-16-20-30(21-17-27)33-26(2)15-24-32(33)29-18-22-31(23-19-29)34-25-28-13-10-8-11-14-28/h8,10-11,13-24H,3-7,9,12,25H2,1-2H3. The number of nitrogens with zero attached hydrogens (tertiary/aromatic N) is 1. The predicted molar refractivity (Wildman–Crippen MR) is 144 cm³/mol. The Morgan fingerprint density at radius 3 is 2.09 bits per heavy atom. The van der Waals surface area contributed by atoms with Crippen molar-refractivity contribution < 1.29 is 4.74 Å². The molecular weight excluding hydrogens is 414 g/mol. The molecule has 0 N–H and O–H groups in total. The van der Waals surface area contributed by atoms with Crippen LogP contribution in [0.25, 0.3) is 16.9 Å². The molecule has 0 aliphatic carbocycles. The molecule has 0 aliphatic rings. The van der Waals surface area contributed by atoms with Gasteiger partial charge in [-0.2, -0.15) is 0 Å². The average Bonchev–Trinajstić information content (AvgIpc) is 3.27. The van der Waals surface area contributed by atoms with Crippen molar-refractivity contribution in [1.82, 2.24) is 4.57 Å². The van der Waals surface area contributed by atoms with Crippen molar-refractivity contribution in [3.63, 3.8) is 0 Å². The van der Waals surface area contributed by atoms with Gasteiger partial charge in [0.2, 0.25) is 0 Å². The summed E-state index contributed by atoms with van der Waals surface area (Å²) in [6.07, 6.45) is 9.24. The fourth-order valence-corrected chi connectivity index (χ4v) is 4.49. The molecule has 0 radical (unpaired) electrons. The Labute approximate surface area is 205 Å². The molecule has 2 nitrogen and oxygen atoms in total. The number of rotatable bonds is 12. The molecule has 0 fully saturated rings.